The molecule has 0 aromatic heterocycles. The number of nitrogens with two attached hydrogens (primary N) is 1. The van der Waals surface area contributed by atoms with Crippen molar-refractivity contribution in [3.8, 4) is 0 Å². The Bertz CT molecular complexity index is 250. The molecule has 1 aliphatic rings. The van der Waals surface area contributed by atoms with Crippen LogP contribution in [-0.2, 0) is 9.59 Å². The molecule has 1 fully saturated rings. The average Bonchev–Trinajstić information content (AvgIpc) is 3.02. The van der Waals surface area contributed by atoms with Crippen molar-refractivity contribution >= 4 is 11.7 Å². The molecule has 0 unspecified atom stereocenters. The third-order valence-corrected chi connectivity index (χ3v) is 3.35. The van der Waals surface area contributed by atoms with Gasteiger partial charge in [0.25, 0.3) is 0 Å². The van der Waals surface area contributed by atoms with E-state index in [1.54, 1.807) is 0 Å². The number of carbonyl (C=O) groups excluding carboxylic acids is 2. The molecular weight excluding hydrogens is 202 g/mol. The second kappa shape index (κ2) is 6.66. The molecule has 92 valence electrons. The number of unbranched alkanes of at least 4 members (excludes halogenated alkanes) is 5. The first-order chi connectivity index (χ1) is 7.66. The smallest absolute Gasteiger partial charge is 0.221 e. The van der Waals surface area contributed by atoms with Crippen molar-refractivity contribution in [1.82, 2.24) is 0 Å². The van der Waals surface area contributed by atoms with E-state index in [9.17, 15) is 9.59 Å². The Morgan fingerprint density at radius 2 is 1.69 bits per heavy atom. The number of hydrogen-bond acceptors (Lipinski definition) is 2. The summed E-state index contributed by atoms with van der Waals surface area (Å²) in [6, 6.07) is 0. The van der Waals surface area contributed by atoms with E-state index in [1.165, 1.54) is 25.7 Å². The fourth-order valence-corrected chi connectivity index (χ4v) is 2.13. The molecule has 0 heterocycles. The van der Waals surface area contributed by atoms with Crippen LogP contribution in [-0.4, -0.2) is 11.7 Å². The Morgan fingerprint density at radius 3 is 2.25 bits per heavy atom. The monoisotopic (exact) mass is 225 g/mol. The van der Waals surface area contributed by atoms with E-state index in [4.69, 9.17) is 5.73 Å². The summed E-state index contributed by atoms with van der Waals surface area (Å²) < 4.78 is 0. The maximum Gasteiger partial charge on any atom is 0.221 e. The van der Waals surface area contributed by atoms with Gasteiger partial charge in [-0.05, 0) is 12.8 Å². The molecule has 2 N–H and O–H groups in total. The first-order valence-corrected chi connectivity index (χ1v) is 6.48. The average molecular weight is 225 g/mol. The first-order valence-electron chi connectivity index (χ1n) is 6.48. The van der Waals surface area contributed by atoms with Crippen LogP contribution in [0.25, 0.3) is 0 Å². The molecular formula is C13H23NO2. The highest BCUT2D eigenvalue weighted by Crippen LogP contribution is 2.39. The summed E-state index contributed by atoms with van der Waals surface area (Å²) in [7, 11) is 0. The Balaban J connectivity index is 1.98. The largest absolute Gasteiger partial charge is 0.369 e. The minimum absolute atomic E-state index is 0.0341. The first kappa shape index (κ1) is 13.2. The number of primary amides is 1. The summed E-state index contributed by atoms with van der Waals surface area (Å²) in [6.07, 6.45) is 8.50. The third kappa shape index (κ3) is 4.33. The van der Waals surface area contributed by atoms with Gasteiger partial charge in [-0.1, -0.05) is 39.0 Å². The quantitative estimate of drug-likeness (QED) is 0.613. The van der Waals surface area contributed by atoms with Gasteiger partial charge < -0.3 is 5.73 Å². The number of carbonyl (C=O) groups is 2. The molecule has 2 atom stereocenters. The Labute approximate surface area is 97.8 Å². The SMILES string of the molecule is CCCCCCCCC(=O)[C@H]1C[C@H]1C(N)=O. The van der Waals surface area contributed by atoms with Crippen LogP contribution in [0, 0.1) is 11.8 Å². The van der Waals surface area contributed by atoms with Gasteiger partial charge in [0, 0.05) is 18.3 Å². The van der Waals surface area contributed by atoms with Crippen molar-refractivity contribution in [3.05, 3.63) is 0 Å². The molecule has 1 saturated carbocycles. The maximum absolute atomic E-state index is 11.6. The summed E-state index contributed by atoms with van der Waals surface area (Å²) in [6.45, 7) is 2.20. The fourth-order valence-electron chi connectivity index (χ4n) is 2.13. The minimum atomic E-state index is -0.304. The van der Waals surface area contributed by atoms with E-state index in [2.05, 4.69) is 6.92 Å². The summed E-state index contributed by atoms with van der Waals surface area (Å²) in [5, 5.41) is 0. The van der Waals surface area contributed by atoms with Crippen molar-refractivity contribution in [2.75, 3.05) is 0 Å². The fraction of sp³-hybridized carbons (Fsp3) is 0.846. The molecule has 16 heavy (non-hydrogen) atoms. The van der Waals surface area contributed by atoms with Gasteiger partial charge in [0.05, 0.1) is 0 Å². The van der Waals surface area contributed by atoms with E-state index in [-0.39, 0.29) is 23.5 Å². The van der Waals surface area contributed by atoms with E-state index in [0.717, 1.165) is 12.8 Å². The topological polar surface area (TPSA) is 60.2 Å². The molecule has 0 aliphatic heterocycles. The Morgan fingerprint density at radius 1 is 1.06 bits per heavy atom. The molecule has 0 aromatic carbocycles. The molecule has 3 heteroatoms. The lowest BCUT2D eigenvalue weighted by molar-refractivity contribution is -0.124. The number of amides is 1. The zero-order valence-corrected chi connectivity index (χ0v) is 10.2. The summed E-state index contributed by atoms with van der Waals surface area (Å²) >= 11 is 0. The molecule has 0 radical (unpaired) electrons. The normalized spacial score (nSPS) is 23.1. The predicted octanol–water partition coefficient (Wildman–Crippen LogP) is 2.43. The summed E-state index contributed by atoms with van der Waals surface area (Å²) in [5.41, 5.74) is 5.14. The second-order valence-corrected chi connectivity index (χ2v) is 4.84. The zero-order chi connectivity index (χ0) is 12.0. The van der Waals surface area contributed by atoms with Gasteiger partial charge in [0.2, 0.25) is 5.91 Å². The summed E-state index contributed by atoms with van der Waals surface area (Å²) in [5.74, 6) is -0.235. The second-order valence-electron chi connectivity index (χ2n) is 4.84. The van der Waals surface area contributed by atoms with Crippen LogP contribution < -0.4 is 5.73 Å². The van der Waals surface area contributed by atoms with Crippen LogP contribution in [0.2, 0.25) is 0 Å². The molecule has 1 amide bonds. The highest BCUT2D eigenvalue weighted by Gasteiger charge is 2.45. The molecule has 0 saturated heterocycles. The summed E-state index contributed by atoms with van der Waals surface area (Å²) in [4.78, 5) is 22.4. The number of hydrogen-bond donors (Lipinski definition) is 1. The lowest BCUT2D eigenvalue weighted by Crippen LogP contribution is -2.16. The lowest BCUT2D eigenvalue weighted by Gasteiger charge is -2.00. The van der Waals surface area contributed by atoms with Crippen LogP contribution in [0.1, 0.15) is 58.3 Å². The van der Waals surface area contributed by atoms with E-state index in [1.807, 2.05) is 0 Å². The van der Waals surface area contributed by atoms with Gasteiger partial charge in [-0.2, -0.15) is 0 Å². The van der Waals surface area contributed by atoms with Gasteiger partial charge in [-0.25, -0.2) is 0 Å². The van der Waals surface area contributed by atoms with Crippen molar-refractivity contribution in [2.24, 2.45) is 17.6 Å². The zero-order valence-electron chi connectivity index (χ0n) is 10.2. The molecule has 0 spiro atoms. The van der Waals surface area contributed by atoms with Crippen LogP contribution in [0.15, 0.2) is 0 Å². The van der Waals surface area contributed by atoms with E-state index < -0.39 is 0 Å². The van der Waals surface area contributed by atoms with Gasteiger partial charge in [-0.3, -0.25) is 9.59 Å². The molecule has 1 rings (SSSR count). The third-order valence-electron chi connectivity index (χ3n) is 3.35. The minimum Gasteiger partial charge on any atom is -0.369 e. The van der Waals surface area contributed by atoms with Gasteiger partial charge in [-0.15, -0.1) is 0 Å². The predicted molar refractivity (Wildman–Crippen MR) is 63.8 cm³/mol. The molecule has 0 bridgehead atoms. The van der Waals surface area contributed by atoms with Crippen LogP contribution in [0.5, 0.6) is 0 Å². The van der Waals surface area contributed by atoms with Crippen LogP contribution in [0.3, 0.4) is 0 Å². The number of Topliss-reactive ketones (excluding diaryl/α,β-unsaturated/α-hetero) is 1. The van der Waals surface area contributed by atoms with Crippen LogP contribution >= 0.6 is 0 Å². The lowest BCUT2D eigenvalue weighted by atomic mass is 10.1. The van der Waals surface area contributed by atoms with Gasteiger partial charge >= 0.3 is 0 Å². The van der Waals surface area contributed by atoms with Crippen molar-refractivity contribution in [3.63, 3.8) is 0 Å². The van der Waals surface area contributed by atoms with Crippen molar-refractivity contribution < 1.29 is 9.59 Å². The highest BCUT2D eigenvalue weighted by atomic mass is 16.1. The van der Waals surface area contributed by atoms with Gasteiger partial charge in [0.1, 0.15) is 5.78 Å². The molecule has 1 aliphatic carbocycles. The van der Waals surface area contributed by atoms with Gasteiger partial charge in [0.15, 0.2) is 0 Å². The highest BCUT2D eigenvalue weighted by molar-refractivity contribution is 5.92. The van der Waals surface area contributed by atoms with E-state index >= 15 is 0 Å². The van der Waals surface area contributed by atoms with Crippen LogP contribution in [0.4, 0.5) is 0 Å². The Hall–Kier alpha value is -0.860. The maximum atomic E-state index is 11.6. The number of ketones is 1. The Kier molecular flexibility index (Phi) is 5.50. The van der Waals surface area contributed by atoms with E-state index in [0.29, 0.717) is 12.8 Å². The molecule has 0 aromatic rings. The molecule has 3 nitrogen and oxygen atoms in total. The standard InChI is InChI=1S/C13H23NO2/c1-2-3-4-5-6-7-8-12(15)10-9-11(10)13(14)16/h10-11H,2-9H2,1H3,(H2,14,16)/t10-,11+/m0/s1. The van der Waals surface area contributed by atoms with Crippen molar-refractivity contribution in [1.29, 1.82) is 0 Å². The van der Waals surface area contributed by atoms with Crippen molar-refractivity contribution in [2.45, 2.75) is 58.3 Å². The number of rotatable bonds is 9.